The molecule has 8 heteroatoms. The number of nitrogens with zero attached hydrogens (tertiary/aromatic N) is 6. The minimum Gasteiger partial charge on any atom is -0.381 e. The molecular weight excluding hydrogens is 336 g/mol. The van der Waals surface area contributed by atoms with Crippen molar-refractivity contribution in [1.82, 2.24) is 30.2 Å². The first-order chi connectivity index (χ1) is 12.4. The monoisotopic (exact) mass is 354 g/mol. The molecule has 0 spiro atoms. The van der Waals surface area contributed by atoms with Gasteiger partial charge in [0.05, 0.1) is 6.04 Å². The molecule has 0 atom stereocenters. The van der Waals surface area contributed by atoms with Crippen molar-refractivity contribution in [2.75, 3.05) is 13.2 Å². The van der Waals surface area contributed by atoms with Crippen LogP contribution in [-0.4, -0.2) is 43.4 Å². The Kier molecular flexibility index (Phi) is 4.98. The highest BCUT2D eigenvalue weighted by atomic mass is 32.2. The smallest absolute Gasteiger partial charge is 0.215 e. The lowest BCUT2D eigenvalue weighted by Gasteiger charge is -2.22. The lowest BCUT2D eigenvalue weighted by Crippen LogP contribution is -2.21. The molecule has 0 unspecified atom stereocenters. The maximum Gasteiger partial charge on any atom is 0.215 e. The van der Waals surface area contributed by atoms with Crippen LogP contribution >= 0.6 is 11.8 Å². The summed E-state index contributed by atoms with van der Waals surface area (Å²) in [5.74, 6) is 0.793. The molecule has 0 aliphatic carbocycles. The van der Waals surface area contributed by atoms with Gasteiger partial charge in [-0.1, -0.05) is 30.3 Å². The number of ether oxygens (including phenoxy) is 1. The zero-order valence-corrected chi connectivity index (χ0v) is 14.5. The van der Waals surface area contributed by atoms with Gasteiger partial charge in [-0.05, 0) is 46.7 Å². The third-order valence-corrected chi connectivity index (χ3v) is 4.97. The number of hydrogen-bond acceptors (Lipinski definition) is 7. The second kappa shape index (κ2) is 7.71. The summed E-state index contributed by atoms with van der Waals surface area (Å²) in [4.78, 5) is 9.02. The van der Waals surface area contributed by atoms with Gasteiger partial charge in [-0.25, -0.2) is 14.6 Å². The zero-order chi connectivity index (χ0) is 16.9. The van der Waals surface area contributed by atoms with E-state index >= 15 is 0 Å². The van der Waals surface area contributed by atoms with E-state index in [1.165, 1.54) is 17.3 Å². The lowest BCUT2D eigenvalue weighted by molar-refractivity contribution is 0.0631. The van der Waals surface area contributed by atoms with E-state index in [4.69, 9.17) is 4.74 Å². The summed E-state index contributed by atoms with van der Waals surface area (Å²) >= 11 is 1.47. The lowest BCUT2D eigenvalue weighted by atomic mass is 10.1. The van der Waals surface area contributed by atoms with Crippen LogP contribution in [0, 0.1) is 0 Å². The molecule has 0 N–H and O–H groups in total. The van der Waals surface area contributed by atoms with Crippen LogP contribution in [0.3, 0.4) is 0 Å². The predicted molar refractivity (Wildman–Crippen MR) is 92.3 cm³/mol. The molecule has 7 nitrogen and oxygen atoms in total. The van der Waals surface area contributed by atoms with Gasteiger partial charge in [0, 0.05) is 25.8 Å². The van der Waals surface area contributed by atoms with Crippen LogP contribution < -0.4 is 0 Å². The molecule has 1 aliphatic heterocycles. The van der Waals surface area contributed by atoms with E-state index in [9.17, 15) is 0 Å². The van der Waals surface area contributed by atoms with Crippen molar-refractivity contribution in [2.45, 2.75) is 35.5 Å². The molecule has 1 saturated heterocycles. The van der Waals surface area contributed by atoms with Crippen molar-refractivity contribution in [1.29, 1.82) is 0 Å². The SMILES string of the molecule is c1ccc(Cc2nccc(Sc3nnnn3C3CCOCC3)n2)cc1. The number of benzene rings is 1. The summed E-state index contributed by atoms with van der Waals surface area (Å²) in [7, 11) is 0. The standard InChI is InChI=1S/C17H18N6OS/c1-2-4-13(5-3-1)12-15-18-9-6-16(19-15)25-17-20-21-22-23(17)14-7-10-24-11-8-14/h1-6,9,14H,7-8,10-12H2. The first kappa shape index (κ1) is 16.2. The average Bonchev–Trinajstić information content (AvgIpc) is 3.12. The molecular formula is C17H18N6OS. The summed E-state index contributed by atoms with van der Waals surface area (Å²) < 4.78 is 7.31. The fourth-order valence-corrected chi connectivity index (χ4v) is 3.63. The second-order valence-electron chi connectivity index (χ2n) is 5.83. The molecule has 3 heterocycles. The normalized spacial score (nSPS) is 15.4. The van der Waals surface area contributed by atoms with Crippen molar-refractivity contribution in [2.24, 2.45) is 0 Å². The average molecular weight is 354 g/mol. The molecule has 1 aromatic carbocycles. The molecule has 25 heavy (non-hydrogen) atoms. The summed E-state index contributed by atoms with van der Waals surface area (Å²) in [6, 6.07) is 12.4. The third-order valence-electron chi connectivity index (χ3n) is 4.08. The fourth-order valence-electron chi connectivity index (χ4n) is 2.81. The summed E-state index contributed by atoms with van der Waals surface area (Å²) in [6.45, 7) is 1.51. The van der Waals surface area contributed by atoms with E-state index in [0.717, 1.165) is 42.1 Å². The van der Waals surface area contributed by atoms with Crippen LogP contribution in [-0.2, 0) is 11.2 Å². The Hall–Kier alpha value is -2.32. The molecule has 0 radical (unpaired) electrons. The van der Waals surface area contributed by atoms with E-state index in [0.29, 0.717) is 6.42 Å². The Morgan fingerprint density at radius 3 is 2.80 bits per heavy atom. The number of rotatable bonds is 5. The molecule has 3 aromatic rings. The minimum absolute atomic E-state index is 0.289. The van der Waals surface area contributed by atoms with Crippen molar-refractivity contribution < 1.29 is 4.74 Å². The highest BCUT2D eigenvalue weighted by Gasteiger charge is 2.21. The van der Waals surface area contributed by atoms with Crippen LogP contribution in [0.5, 0.6) is 0 Å². The maximum atomic E-state index is 5.42. The Balaban J connectivity index is 1.50. The van der Waals surface area contributed by atoms with Crippen LogP contribution in [0.25, 0.3) is 0 Å². The molecule has 0 amide bonds. The zero-order valence-electron chi connectivity index (χ0n) is 13.7. The van der Waals surface area contributed by atoms with E-state index < -0.39 is 0 Å². The quantitative estimate of drug-likeness (QED) is 0.652. The fraction of sp³-hybridized carbons (Fsp3) is 0.353. The Bertz CT molecular complexity index is 819. The first-order valence-corrected chi connectivity index (χ1v) is 9.09. The van der Waals surface area contributed by atoms with E-state index in [1.54, 1.807) is 6.20 Å². The topological polar surface area (TPSA) is 78.6 Å². The van der Waals surface area contributed by atoms with Gasteiger partial charge < -0.3 is 4.74 Å². The van der Waals surface area contributed by atoms with Gasteiger partial charge in [0.15, 0.2) is 0 Å². The van der Waals surface area contributed by atoms with Crippen LogP contribution in [0.2, 0.25) is 0 Å². The van der Waals surface area contributed by atoms with Gasteiger partial charge >= 0.3 is 0 Å². The molecule has 4 rings (SSSR count). The minimum atomic E-state index is 0.289. The van der Waals surface area contributed by atoms with Crippen molar-refractivity contribution in [3.05, 3.63) is 54.0 Å². The van der Waals surface area contributed by atoms with Gasteiger partial charge in [0.1, 0.15) is 10.9 Å². The largest absolute Gasteiger partial charge is 0.381 e. The Morgan fingerprint density at radius 1 is 1.12 bits per heavy atom. The van der Waals surface area contributed by atoms with Gasteiger partial charge in [-0.3, -0.25) is 0 Å². The van der Waals surface area contributed by atoms with E-state index in [1.807, 2.05) is 28.9 Å². The number of aromatic nitrogens is 6. The van der Waals surface area contributed by atoms with Crippen LogP contribution in [0.4, 0.5) is 0 Å². The molecule has 1 aliphatic rings. The highest BCUT2D eigenvalue weighted by Crippen LogP contribution is 2.28. The molecule has 0 bridgehead atoms. The predicted octanol–water partition coefficient (Wildman–Crippen LogP) is 2.56. The van der Waals surface area contributed by atoms with Gasteiger partial charge in [0.2, 0.25) is 5.16 Å². The van der Waals surface area contributed by atoms with Crippen molar-refractivity contribution >= 4 is 11.8 Å². The maximum absolute atomic E-state index is 5.42. The summed E-state index contributed by atoms with van der Waals surface area (Å²) in [5, 5.41) is 13.8. The Labute approximate surface area is 149 Å². The highest BCUT2D eigenvalue weighted by molar-refractivity contribution is 7.99. The van der Waals surface area contributed by atoms with E-state index in [-0.39, 0.29) is 6.04 Å². The first-order valence-electron chi connectivity index (χ1n) is 8.28. The summed E-state index contributed by atoms with van der Waals surface area (Å²) in [5.41, 5.74) is 1.19. The molecule has 128 valence electrons. The van der Waals surface area contributed by atoms with Crippen molar-refractivity contribution in [3.8, 4) is 0 Å². The van der Waals surface area contributed by atoms with Crippen LogP contribution in [0.15, 0.2) is 52.8 Å². The third kappa shape index (κ3) is 4.02. The van der Waals surface area contributed by atoms with Crippen molar-refractivity contribution in [3.63, 3.8) is 0 Å². The molecule has 0 saturated carbocycles. The van der Waals surface area contributed by atoms with Crippen LogP contribution in [0.1, 0.15) is 30.3 Å². The van der Waals surface area contributed by atoms with E-state index in [2.05, 4.69) is 37.6 Å². The molecule has 2 aromatic heterocycles. The summed E-state index contributed by atoms with van der Waals surface area (Å²) in [6.07, 6.45) is 4.36. The van der Waals surface area contributed by atoms with Gasteiger partial charge in [-0.2, -0.15) is 0 Å². The Morgan fingerprint density at radius 2 is 1.96 bits per heavy atom. The second-order valence-corrected chi connectivity index (χ2v) is 6.81. The molecule has 1 fully saturated rings. The number of tetrazole rings is 1. The number of hydrogen-bond donors (Lipinski definition) is 0. The van der Waals surface area contributed by atoms with Gasteiger partial charge in [0.25, 0.3) is 0 Å². The van der Waals surface area contributed by atoms with Gasteiger partial charge in [-0.15, -0.1) is 5.10 Å².